The van der Waals surface area contributed by atoms with Crippen LogP contribution in [0.3, 0.4) is 0 Å². The van der Waals surface area contributed by atoms with E-state index in [4.69, 9.17) is 0 Å². The van der Waals surface area contributed by atoms with E-state index in [1.807, 2.05) is 0 Å². The lowest BCUT2D eigenvalue weighted by atomic mass is 10.0. The highest BCUT2D eigenvalue weighted by Gasteiger charge is 2.58. The van der Waals surface area contributed by atoms with Crippen LogP contribution in [0, 0.1) is 17.0 Å². The molecule has 8 heteroatoms. The smallest absolute Gasteiger partial charge is 0.240 e. The van der Waals surface area contributed by atoms with Gasteiger partial charge >= 0.3 is 0 Å². The van der Waals surface area contributed by atoms with Crippen molar-refractivity contribution in [3.63, 3.8) is 0 Å². The van der Waals surface area contributed by atoms with Crippen LogP contribution in [0.15, 0.2) is 18.2 Å². The van der Waals surface area contributed by atoms with E-state index in [9.17, 15) is 23.2 Å². The van der Waals surface area contributed by atoms with Crippen LogP contribution in [0.5, 0.6) is 0 Å². The summed E-state index contributed by atoms with van der Waals surface area (Å²) in [5, 5.41) is 2.22. The number of carbonyl (C=O) groups excluding carboxylic acids is 3. The Morgan fingerprint density at radius 1 is 1.08 bits per heavy atom. The molecule has 0 radical (unpaired) electrons. The number of benzene rings is 1. The molecular weight excluding hydrogens is 320 g/mol. The Bertz CT molecular complexity index is 663. The maximum atomic E-state index is 13.7. The summed E-state index contributed by atoms with van der Waals surface area (Å²) in [6, 6.07) is 3.28. The fourth-order valence-electron chi connectivity index (χ4n) is 2.85. The van der Waals surface area contributed by atoms with Crippen LogP contribution >= 0.6 is 0 Å². The summed E-state index contributed by atoms with van der Waals surface area (Å²) in [4.78, 5) is 38.9. The topological polar surface area (TPSA) is 69.7 Å². The van der Waals surface area contributed by atoms with Gasteiger partial charge in [0.15, 0.2) is 0 Å². The molecule has 2 aliphatic rings. The van der Waals surface area contributed by atoms with Crippen LogP contribution in [0.1, 0.15) is 12.8 Å². The number of piperazine rings is 1. The zero-order valence-electron chi connectivity index (χ0n) is 12.9. The number of carbonyl (C=O) groups is 3. The molecule has 1 aliphatic heterocycles. The lowest BCUT2D eigenvalue weighted by molar-refractivity contribution is -0.144. The third-order valence-corrected chi connectivity index (χ3v) is 4.55. The molecule has 0 spiro atoms. The van der Waals surface area contributed by atoms with Crippen molar-refractivity contribution in [2.75, 3.05) is 31.5 Å². The van der Waals surface area contributed by atoms with E-state index in [0.29, 0.717) is 39.0 Å². The fraction of sp³-hybridized carbons (Fsp3) is 0.438. The van der Waals surface area contributed by atoms with E-state index >= 15 is 0 Å². The molecule has 6 nitrogen and oxygen atoms in total. The molecule has 1 saturated carbocycles. The molecule has 1 aromatic rings. The predicted octanol–water partition coefficient (Wildman–Crippen LogP) is 0.984. The standard InChI is InChI=1S/C16H17F2N3O3/c17-11-2-1-3-12(18)13(11)19-14(23)16(4-5-16)15(24)21-8-6-20(10-22)7-9-21/h1-3,10H,4-9H2,(H,19,23). The number of hydrogen-bond acceptors (Lipinski definition) is 3. The summed E-state index contributed by atoms with van der Waals surface area (Å²) < 4.78 is 27.3. The highest BCUT2D eigenvalue weighted by atomic mass is 19.1. The van der Waals surface area contributed by atoms with Gasteiger partial charge in [-0.15, -0.1) is 0 Å². The lowest BCUT2D eigenvalue weighted by Crippen LogP contribution is -2.52. The SMILES string of the molecule is O=CN1CCN(C(=O)C2(C(=O)Nc3c(F)cccc3F)CC2)CC1. The van der Waals surface area contributed by atoms with E-state index in [2.05, 4.69) is 5.32 Å². The van der Waals surface area contributed by atoms with Crippen molar-refractivity contribution in [2.24, 2.45) is 5.41 Å². The molecule has 0 unspecified atom stereocenters. The molecule has 1 N–H and O–H groups in total. The highest BCUT2D eigenvalue weighted by Crippen LogP contribution is 2.48. The Kier molecular flexibility index (Phi) is 4.21. The van der Waals surface area contributed by atoms with Gasteiger partial charge in [-0.25, -0.2) is 8.78 Å². The van der Waals surface area contributed by atoms with Gasteiger partial charge in [0.25, 0.3) is 0 Å². The summed E-state index contributed by atoms with van der Waals surface area (Å²) >= 11 is 0. The summed E-state index contributed by atoms with van der Waals surface area (Å²) in [6.07, 6.45) is 1.42. The Morgan fingerprint density at radius 2 is 1.67 bits per heavy atom. The van der Waals surface area contributed by atoms with E-state index in [-0.39, 0.29) is 5.91 Å². The second-order valence-electron chi connectivity index (χ2n) is 6.07. The largest absolute Gasteiger partial charge is 0.342 e. The minimum absolute atomic E-state index is 0.345. The summed E-state index contributed by atoms with van der Waals surface area (Å²) in [5.74, 6) is -2.80. The van der Waals surface area contributed by atoms with Crippen molar-refractivity contribution in [1.82, 2.24) is 9.80 Å². The van der Waals surface area contributed by atoms with Crippen LogP contribution < -0.4 is 5.32 Å². The Morgan fingerprint density at radius 3 is 2.17 bits per heavy atom. The molecule has 0 bridgehead atoms. The van der Waals surface area contributed by atoms with Crippen molar-refractivity contribution < 1.29 is 23.2 Å². The van der Waals surface area contributed by atoms with Gasteiger partial charge in [0.1, 0.15) is 22.7 Å². The van der Waals surface area contributed by atoms with Crippen molar-refractivity contribution in [1.29, 1.82) is 0 Å². The summed E-state index contributed by atoms with van der Waals surface area (Å²) in [7, 11) is 0. The monoisotopic (exact) mass is 337 g/mol. The van der Waals surface area contributed by atoms with E-state index in [0.717, 1.165) is 18.5 Å². The maximum absolute atomic E-state index is 13.7. The molecular formula is C16H17F2N3O3. The first-order valence-corrected chi connectivity index (χ1v) is 7.72. The molecule has 0 atom stereocenters. The Balaban J connectivity index is 1.70. The molecule has 1 heterocycles. The number of amides is 3. The molecule has 2 fully saturated rings. The predicted molar refractivity (Wildman–Crippen MR) is 80.9 cm³/mol. The Hall–Kier alpha value is -2.51. The van der Waals surface area contributed by atoms with Gasteiger partial charge in [-0.05, 0) is 25.0 Å². The second-order valence-corrected chi connectivity index (χ2v) is 6.07. The normalized spacial score (nSPS) is 18.9. The van der Waals surface area contributed by atoms with Crippen molar-refractivity contribution >= 4 is 23.9 Å². The van der Waals surface area contributed by atoms with Crippen molar-refractivity contribution in [3.05, 3.63) is 29.8 Å². The number of para-hydroxylation sites is 1. The van der Waals surface area contributed by atoms with Gasteiger partial charge in [-0.1, -0.05) is 6.07 Å². The first kappa shape index (κ1) is 16.4. The Labute approximate surface area is 137 Å². The quantitative estimate of drug-likeness (QED) is 0.658. The average molecular weight is 337 g/mol. The van der Waals surface area contributed by atoms with Gasteiger partial charge in [-0.3, -0.25) is 14.4 Å². The summed E-state index contributed by atoms with van der Waals surface area (Å²) in [6.45, 7) is 1.52. The van der Waals surface area contributed by atoms with Crippen molar-refractivity contribution in [2.45, 2.75) is 12.8 Å². The van der Waals surface area contributed by atoms with Crippen molar-refractivity contribution in [3.8, 4) is 0 Å². The molecule has 1 aliphatic carbocycles. The third-order valence-electron chi connectivity index (χ3n) is 4.55. The molecule has 3 amide bonds. The molecule has 1 aromatic carbocycles. The molecule has 128 valence electrons. The first-order valence-electron chi connectivity index (χ1n) is 7.72. The number of nitrogens with zero attached hydrogens (tertiary/aromatic N) is 2. The third kappa shape index (κ3) is 2.83. The van der Waals surface area contributed by atoms with Gasteiger partial charge in [0.05, 0.1) is 0 Å². The molecule has 24 heavy (non-hydrogen) atoms. The van der Waals surface area contributed by atoms with Crippen LogP contribution in [-0.4, -0.2) is 54.2 Å². The van der Waals surface area contributed by atoms with Crippen LogP contribution in [0.25, 0.3) is 0 Å². The number of halogens is 2. The first-order chi connectivity index (χ1) is 11.5. The number of hydrogen-bond donors (Lipinski definition) is 1. The van der Waals surface area contributed by atoms with Crippen LogP contribution in [-0.2, 0) is 14.4 Å². The van der Waals surface area contributed by atoms with Gasteiger partial charge in [0.2, 0.25) is 18.2 Å². The van der Waals surface area contributed by atoms with Crippen LogP contribution in [0.4, 0.5) is 14.5 Å². The maximum Gasteiger partial charge on any atom is 0.240 e. The van der Waals surface area contributed by atoms with E-state index in [1.165, 1.54) is 11.0 Å². The number of nitrogens with one attached hydrogen (secondary N) is 1. The average Bonchev–Trinajstić information content (AvgIpc) is 3.39. The van der Waals surface area contributed by atoms with Crippen LogP contribution in [0.2, 0.25) is 0 Å². The minimum atomic E-state index is -1.25. The highest BCUT2D eigenvalue weighted by molar-refractivity contribution is 6.13. The second kappa shape index (κ2) is 6.18. The van der Waals surface area contributed by atoms with Gasteiger partial charge in [0, 0.05) is 26.2 Å². The zero-order chi connectivity index (χ0) is 17.3. The minimum Gasteiger partial charge on any atom is -0.342 e. The zero-order valence-corrected chi connectivity index (χ0v) is 12.9. The number of anilines is 1. The van der Waals surface area contributed by atoms with Gasteiger partial charge in [-0.2, -0.15) is 0 Å². The molecule has 3 rings (SSSR count). The van der Waals surface area contributed by atoms with E-state index in [1.54, 1.807) is 4.90 Å². The van der Waals surface area contributed by atoms with E-state index < -0.39 is 28.6 Å². The molecule has 0 aromatic heterocycles. The summed E-state index contributed by atoms with van der Waals surface area (Å²) in [5.41, 5.74) is -1.79. The van der Waals surface area contributed by atoms with Gasteiger partial charge < -0.3 is 15.1 Å². The lowest BCUT2D eigenvalue weighted by Gasteiger charge is -2.34. The molecule has 1 saturated heterocycles. The fourth-order valence-corrected chi connectivity index (χ4v) is 2.85. The number of rotatable bonds is 4.